The van der Waals surface area contributed by atoms with Crippen LogP contribution in [-0.2, 0) is 4.74 Å². The molecule has 0 aromatic heterocycles. The number of nitrogen functional groups attached to an aromatic ring is 1. The van der Waals surface area contributed by atoms with Crippen molar-refractivity contribution in [1.29, 1.82) is 0 Å². The van der Waals surface area contributed by atoms with Crippen LogP contribution >= 0.6 is 0 Å². The van der Waals surface area contributed by atoms with Crippen LogP contribution in [0.25, 0.3) is 0 Å². The third kappa shape index (κ3) is 3.66. The lowest BCUT2D eigenvalue weighted by atomic mass is 10.1. The summed E-state index contributed by atoms with van der Waals surface area (Å²) < 4.78 is 31.1. The fourth-order valence-corrected chi connectivity index (χ4v) is 1.43. The summed E-state index contributed by atoms with van der Waals surface area (Å²) in [7, 11) is 0. The van der Waals surface area contributed by atoms with Crippen molar-refractivity contribution in [1.82, 2.24) is 5.32 Å². The maximum atomic E-state index is 13.0. The molecule has 0 saturated heterocycles. The van der Waals surface area contributed by atoms with Gasteiger partial charge >= 0.3 is 0 Å². The molecule has 4 nitrogen and oxygen atoms in total. The van der Waals surface area contributed by atoms with E-state index in [0.29, 0.717) is 6.61 Å². The van der Waals surface area contributed by atoms with Crippen LogP contribution in [0.2, 0.25) is 0 Å². The van der Waals surface area contributed by atoms with Gasteiger partial charge < -0.3 is 15.8 Å². The van der Waals surface area contributed by atoms with Crippen LogP contribution in [-0.4, -0.2) is 25.2 Å². The van der Waals surface area contributed by atoms with Crippen LogP contribution < -0.4 is 11.1 Å². The summed E-state index contributed by atoms with van der Waals surface area (Å²) >= 11 is 0. The first kappa shape index (κ1) is 14.4. The van der Waals surface area contributed by atoms with E-state index in [2.05, 4.69) is 5.32 Å². The number of ether oxygens (including phenoxy) is 1. The first-order valence-electron chi connectivity index (χ1n) is 5.60. The van der Waals surface area contributed by atoms with Gasteiger partial charge in [-0.1, -0.05) is 0 Å². The van der Waals surface area contributed by atoms with Crippen molar-refractivity contribution in [2.75, 3.05) is 18.9 Å². The number of carbonyl (C=O) groups excluding carboxylic acids is 1. The molecule has 0 saturated carbocycles. The Hall–Kier alpha value is -1.69. The largest absolute Gasteiger partial charge is 0.398 e. The number of nitrogens with two attached hydrogens (primary N) is 1. The average molecular weight is 258 g/mol. The summed E-state index contributed by atoms with van der Waals surface area (Å²) in [5.74, 6) is -2.74. The zero-order valence-corrected chi connectivity index (χ0v) is 10.3. The molecule has 3 N–H and O–H groups in total. The highest BCUT2D eigenvalue weighted by Crippen LogP contribution is 2.16. The van der Waals surface area contributed by atoms with Crippen molar-refractivity contribution in [3.8, 4) is 0 Å². The number of nitrogens with one attached hydrogen (secondary N) is 1. The fourth-order valence-electron chi connectivity index (χ4n) is 1.43. The Morgan fingerprint density at radius 1 is 1.44 bits per heavy atom. The second-order valence-corrected chi connectivity index (χ2v) is 3.83. The van der Waals surface area contributed by atoms with Crippen LogP contribution in [0.1, 0.15) is 24.2 Å². The number of rotatable bonds is 5. The van der Waals surface area contributed by atoms with E-state index in [4.69, 9.17) is 10.5 Å². The summed E-state index contributed by atoms with van der Waals surface area (Å²) in [6.45, 7) is 4.43. The van der Waals surface area contributed by atoms with E-state index in [1.54, 1.807) is 6.92 Å². The van der Waals surface area contributed by atoms with Crippen molar-refractivity contribution < 1.29 is 18.3 Å². The van der Waals surface area contributed by atoms with Gasteiger partial charge in [-0.3, -0.25) is 4.79 Å². The molecule has 1 rings (SSSR count). The molecule has 0 aliphatic heterocycles. The Balaban J connectivity index is 2.70. The molecule has 100 valence electrons. The third-order valence-electron chi connectivity index (χ3n) is 2.34. The van der Waals surface area contributed by atoms with E-state index in [1.165, 1.54) is 0 Å². The van der Waals surface area contributed by atoms with Gasteiger partial charge in [-0.2, -0.15) is 0 Å². The van der Waals surface area contributed by atoms with E-state index in [9.17, 15) is 13.6 Å². The zero-order valence-electron chi connectivity index (χ0n) is 10.3. The molecule has 6 heteroatoms. The summed E-state index contributed by atoms with van der Waals surface area (Å²) in [5, 5.41) is 2.54. The average Bonchev–Trinajstić information content (AvgIpc) is 2.31. The van der Waals surface area contributed by atoms with Crippen molar-refractivity contribution in [2.45, 2.75) is 20.0 Å². The van der Waals surface area contributed by atoms with E-state index in [-0.39, 0.29) is 23.9 Å². The molecule has 1 atom stereocenters. The molecule has 0 heterocycles. The van der Waals surface area contributed by atoms with Gasteiger partial charge in [0, 0.05) is 24.9 Å². The third-order valence-corrected chi connectivity index (χ3v) is 2.34. The van der Waals surface area contributed by atoms with Gasteiger partial charge in [-0.05, 0) is 19.9 Å². The number of carbonyl (C=O) groups is 1. The molecule has 0 spiro atoms. The van der Waals surface area contributed by atoms with Gasteiger partial charge in [-0.25, -0.2) is 8.78 Å². The van der Waals surface area contributed by atoms with Gasteiger partial charge in [0.2, 0.25) is 0 Å². The predicted molar refractivity (Wildman–Crippen MR) is 64.2 cm³/mol. The summed E-state index contributed by atoms with van der Waals surface area (Å²) in [4.78, 5) is 11.7. The molecule has 1 amide bonds. The number of hydrogen-bond acceptors (Lipinski definition) is 3. The quantitative estimate of drug-likeness (QED) is 0.790. The second-order valence-electron chi connectivity index (χ2n) is 3.83. The smallest absolute Gasteiger partial charge is 0.253 e. The van der Waals surface area contributed by atoms with E-state index in [0.717, 1.165) is 12.1 Å². The molecule has 1 unspecified atom stereocenters. The van der Waals surface area contributed by atoms with E-state index >= 15 is 0 Å². The molecular weight excluding hydrogens is 242 g/mol. The summed E-state index contributed by atoms with van der Waals surface area (Å²) in [6, 6.07) is 1.57. The van der Waals surface area contributed by atoms with Crippen molar-refractivity contribution in [3.05, 3.63) is 29.3 Å². The highest BCUT2D eigenvalue weighted by atomic mass is 19.2. The van der Waals surface area contributed by atoms with Crippen molar-refractivity contribution in [2.24, 2.45) is 0 Å². The normalized spacial score (nSPS) is 12.2. The SMILES string of the molecule is CCOC(C)CNC(=O)c1cc(F)c(F)cc1N. The molecule has 18 heavy (non-hydrogen) atoms. The first-order chi connectivity index (χ1) is 8.45. The van der Waals surface area contributed by atoms with Crippen LogP contribution in [0.3, 0.4) is 0 Å². The zero-order chi connectivity index (χ0) is 13.7. The Kier molecular flexibility index (Phi) is 5.03. The molecular formula is C12H16F2N2O2. The van der Waals surface area contributed by atoms with E-state index in [1.807, 2.05) is 6.92 Å². The Bertz CT molecular complexity index is 438. The lowest BCUT2D eigenvalue weighted by Gasteiger charge is -2.13. The molecule has 0 bridgehead atoms. The Morgan fingerprint density at radius 2 is 2.06 bits per heavy atom. The predicted octanol–water partition coefficient (Wildman–Crippen LogP) is 1.70. The van der Waals surface area contributed by atoms with Crippen LogP contribution in [0.5, 0.6) is 0 Å². The molecule has 0 aliphatic rings. The lowest BCUT2D eigenvalue weighted by molar-refractivity contribution is 0.0695. The van der Waals surface area contributed by atoms with Crippen LogP contribution in [0, 0.1) is 11.6 Å². The van der Waals surface area contributed by atoms with Gasteiger partial charge in [0.15, 0.2) is 11.6 Å². The van der Waals surface area contributed by atoms with Crippen LogP contribution in [0.15, 0.2) is 12.1 Å². The van der Waals surface area contributed by atoms with Gasteiger partial charge in [-0.15, -0.1) is 0 Å². The number of amides is 1. The molecule has 0 aliphatic carbocycles. The van der Waals surface area contributed by atoms with Crippen LogP contribution in [0.4, 0.5) is 14.5 Å². The maximum Gasteiger partial charge on any atom is 0.253 e. The lowest BCUT2D eigenvalue weighted by Crippen LogP contribution is -2.32. The fraction of sp³-hybridized carbons (Fsp3) is 0.417. The number of hydrogen-bond donors (Lipinski definition) is 2. The minimum Gasteiger partial charge on any atom is -0.398 e. The molecule has 0 fully saturated rings. The minimum atomic E-state index is -1.10. The highest BCUT2D eigenvalue weighted by Gasteiger charge is 2.14. The molecule has 1 aromatic carbocycles. The number of anilines is 1. The van der Waals surface area contributed by atoms with Gasteiger partial charge in [0.05, 0.1) is 11.7 Å². The Labute approximate surface area is 104 Å². The van der Waals surface area contributed by atoms with Gasteiger partial charge in [0.25, 0.3) is 5.91 Å². The Morgan fingerprint density at radius 3 is 2.67 bits per heavy atom. The molecule has 0 radical (unpaired) electrons. The monoisotopic (exact) mass is 258 g/mol. The molecule has 1 aromatic rings. The highest BCUT2D eigenvalue weighted by molar-refractivity contribution is 5.99. The van der Waals surface area contributed by atoms with Crippen molar-refractivity contribution in [3.63, 3.8) is 0 Å². The topological polar surface area (TPSA) is 64.3 Å². The summed E-state index contributed by atoms with van der Waals surface area (Å²) in [5.41, 5.74) is 5.27. The van der Waals surface area contributed by atoms with Crippen molar-refractivity contribution >= 4 is 11.6 Å². The maximum absolute atomic E-state index is 13.0. The summed E-state index contributed by atoms with van der Waals surface area (Å²) in [6.07, 6.45) is -0.162. The number of benzene rings is 1. The van der Waals surface area contributed by atoms with E-state index < -0.39 is 17.5 Å². The minimum absolute atomic E-state index is 0.0856. The van der Waals surface area contributed by atoms with Gasteiger partial charge in [0.1, 0.15) is 0 Å². The number of halogens is 2. The second kappa shape index (κ2) is 6.30. The first-order valence-corrected chi connectivity index (χ1v) is 5.60. The standard InChI is InChI=1S/C12H16F2N2O2/c1-3-18-7(2)6-16-12(17)8-4-9(13)10(14)5-11(8)15/h4-5,7H,3,6,15H2,1-2H3,(H,16,17).